The molecule has 0 saturated heterocycles. The summed E-state index contributed by atoms with van der Waals surface area (Å²) in [5.74, 6) is 1.07. The van der Waals surface area contributed by atoms with Crippen molar-refractivity contribution in [1.29, 1.82) is 0 Å². The lowest BCUT2D eigenvalue weighted by Gasteiger charge is -2.28. The molecule has 0 aliphatic carbocycles. The Bertz CT molecular complexity index is 992. The molecule has 0 radical (unpaired) electrons. The van der Waals surface area contributed by atoms with Gasteiger partial charge < -0.3 is 14.2 Å². The van der Waals surface area contributed by atoms with E-state index in [0.717, 1.165) is 21.9 Å². The molecule has 0 fully saturated rings. The van der Waals surface area contributed by atoms with Gasteiger partial charge in [0.25, 0.3) is 0 Å². The summed E-state index contributed by atoms with van der Waals surface area (Å²) in [6.07, 6.45) is 0. The Morgan fingerprint density at radius 1 is 0.880 bits per heavy atom. The van der Waals surface area contributed by atoms with Gasteiger partial charge in [-0.3, -0.25) is 0 Å². The summed E-state index contributed by atoms with van der Waals surface area (Å²) >= 11 is 0. The molecule has 126 valence electrons. The standard InChI is InChI=1S/C21H18O4/c1-21(16-11-7-6-10-15(16)20(22)25-21)17-12-18(23-2)13-8-4-5-9-14(13)19(17)24-3/h4-12H,1-3H3/t21-/m0/s1. The van der Waals surface area contributed by atoms with Crippen molar-refractivity contribution >= 4 is 16.7 Å². The van der Waals surface area contributed by atoms with Crippen molar-refractivity contribution in [3.8, 4) is 11.5 Å². The van der Waals surface area contributed by atoms with E-state index in [1.807, 2.05) is 55.5 Å². The first-order valence-electron chi connectivity index (χ1n) is 8.07. The molecule has 1 heterocycles. The van der Waals surface area contributed by atoms with E-state index in [-0.39, 0.29) is 5.97 Å². The van der Waals surface area contributed by atoms with Crippen LogP contribution in [0.15, 0.2) is 54.6 Å². The zero-order chi connectivity index (χ0) is 17.6. The first-order chi connectivity index (χ1) is 12.1. The second-order valence-electron chi connectivity index (χ2n) is 6.17. The maximum atomic E-state index is 12.4. The van der Waals surface area contributed by atoms with Gasteiger partial charge in [0.1, 0.15) is 11.5 Å². The van der Waals surface area contributed by atoms with Gasteiger partial charge in [0, 0.05) is 21.9 Å². The van der Waals surface area contributed by atoms with Crippen LogP contribution in [0.4, 0.5) is 0 Å². The van der Waals surface area contributed by atoms with Crippen LogP contribution in [0.2, 0.25) is 0 Å². The normalized spacial score (nSPS) is 18.8. The van der Waals surface area contributed by atoms with Crippen LogP contribution in [0, 0.1) is 0 Å². The smallest absolute Gasteiger partial charge is 0.339 e. The van der Waals surface area contributed by atoms with Crippen LogP contribution in [0.1, 0.15) is 28.4 Å². The molecule has 0 bridgehead atoms. The van der Waals surface area contributed by atoms with Gasteiger partial charge in [0.05, 0.1) is 19.8 Å². The van der Waals surface area contributed by atoms with E-state index in [2.05, 4.69) is 0 Å². The van der Waals surface area contributed by atoms with Crippen LogP contribution in [-0.4, -0.2) is 20.2 Å². The van der Waals surface area contributed by atoms with Crippen LogP contribution >= 0.6 is 0 Å². The highest BCUT2D eigenvalue weighted by molar-refractivity contribution is 5.98. The molecule has 1 aliphatic rings. The van der Waals surface area contributed by atoms with Crippen LogP contribution in [0.3, 0.4) is 0 Å². The van der Waals surface area contributed by atoms with Gasteiger partial charge in [0.2, 0.25) is 0 Å². The van der Waals surface area contributed by atoms with Gasteiger partial charge in [-0.25, -0.2) is 4.79 Å². The fourth-order valence-corrected chi connectivity index (χ4v) is 3.63. The van der Waals surface area contributed by atoms with Crippen LogP contribution in [0.25, 0.3) is 10.8 Å². The zero-order valence-corrected chi connectivity index (χ0v) is 14.3. The van der Waals surface area contributed by atoms with Gasteiger partial charge in [-0.2, -0.15) is 0 Å². The topological polar surface area (TPSA) is 44.8 Å². The minimum absolute atomic E-state index is 0.327. The molecule has 4 nitrogen and oxygen atoms in total. The second kappa shape index (κ2) is 5.52. The number of carbonyl (C=O) groups excluding carboxylic acids is 1. The lowest BCUT2D eigenvalue weighted by Crippen LogP contribution is -2.24. The third-order valence-corrected chi connectivity index (χ3v) is 4.85. The van der Waals surface area contributed by atoms with Crippen LogP contribution < -0.4 is 9.47 Å². The van der Waals surface area contributed by atoms with E-state index >= 15 is 0 Å². The van der Waals surface area contributed by atoms with Crippen molar-refractivity contribution in [2.75, 3.05) is 14.2 Å². The molecule has 0 aromatic heterocycles. The fraction of sp³-hybridized carbons (Fsp3) is 0.190. The summed E-state index contributed by atoms with van der Waals surface area (Å²) < 4.78 is 17.2. The van der Waals surface area contributed by atoms with Crippen LogP contribution in [0.5, 0.6) is 11.5 Å². The molecular formula is C21H18O4. The van der Waals surface area contributed by atoms with E-state index < -0.39 is 5.60 Å². The molecule has 0 amide bonds. The van der Waals surface area contributed by atoms with Gasteiger partial charge in [-0.15, -0.1) is 0 Å². The lowest BCUT2D eigenvalue weighted by atomic mass is 9.85. The predicted molar refractivity (Wildman–Crippen MR) is 95.4 cm³/mol. The predicted octanol–water partition coefficient (Wildman–Crippen LogP) is 4.29. The Kier molecular flexibility index (Phi) is 3.42. The summed E-state index contributed by atoms with van der Waals surface area (Å²) in [7, 11) is 3.26. The van der Waals surface area contributed by atoms with Gasteiger partial charge in [0.15, 0.2) is 5.60 Å². The minimum Gasteiger partial charge on any atom is -0.496 e. The summed E-state index contributed by atoms with van der Waals surface area (Å²) in [6.45, 7) is 1.89. The van der Waals surface area contributed by atoms with Crippen LogP contribution in [-0.2, 0) is 10.3 Å². The number of hydrogen-bond donors (Lipinski definition) is 0. The Labute approximate surface area is 145 Å². The Balaban J connectivity index is 2.07. The molecule has 0 spiro atoms. The van der Waals surface area contributed by atoms with Gasteiger partial charge >= 0.3 is 5.97 Å². The number of cyclic esters (lactones) is 1. The number of ether oxygens (including phenoxy) is 3. The molecular weight excluding hydrogens is 316 g/mol. The van der Waals surface area contributed by atoms with Crippen molar-refractivity contribution in [3.05, 3.63) is 71.3 Å². The molecule has 3 aromatic rings. The third-order valence-electron chi connectivity index (χ3n) is 4.85. The molecule has 25 heavy (non-hydrogen) atoms. The van der Waals surface area contributed by atoms with E-state index in [1.54, 1.807) is 20.3 Å². The molecule has 3 aromatic carbocycles. The molecule has 1 aliphatic heterocycles. The second-order valence-corrected chi connectivity index (χ2v) is 6.17. The van der Waals surface area contributed by atoms with Crippen molar-refractivity contribution in [1.82, 2.24) is 0 Å². The summed E-state index contributed by atoms with van der Waals surface area (Å²) in [6, 6.07) is 17.2. The van der Waals surface area contributed by atoms with E-state index in [0.29, 0.717) is 17.1 Å². The van der Waals surface area contributed by atoms with Crippen molar-refractivity contribution in [2.45, 2.75) is 12.5 Å². The minimum atomic E-state index is -0.934. The zero-order valence-electron chi connectivity index (χ0n) is 14.3. The van der Waals surface area contributed by atoms with Crippen molar-refractivity contribution in [3.63, 3.8) is 0 Å². The highest BCUT2D eigenvalue weighted by atomic mass is 16.6. The average Bonchev–Trinajstić information content (AvgIpc) is 2.92. The highest BCUT2D eigenvalue weighted by Crippen LogP contribution is 2.49. The summed E-state index contributed by atoms with van der Waals surface area (Å²) in [5.41, 5.74) is 1.25. The molecule has 0 N–H and O–H groups in total. The maximum absolute atomic E-state index is 12.4. The largest absolute Gasteiger partial charge is 0.496 e. The number of benzene rings is 3. The SMILES string of the molecule is COc1cc([C@@]2(C)OC(=O)c3ccccc32)c(OC)c2ccccc12. The summed E-state index contributed by atoms with van der Waals surface area (Å²) in [5, 5.41) is 1.87. The Morgan fingerprint density at radius 3 is 2.28 bits per heavy atom. The monoisotopic (exact) mass is 334 g/mol. The number of hydrogen-bond acceptors (Lipinski definition) is 4. The number of fused-ring (bicyclic) bond motifs is 2. The van der Waals surface area contributed by atoms with Crippen molar-refractivity contribution in [2.24, 2.45) is 0 Å². The lowest BCUT2D eigenvalue weighted by molar-refractivity contribution is 0.0173. The Hall–Kier alpha value is -3.01. The first kappa shape index (κ1) is 15.5. The third kappa shape index (κ3) is 2.10. The Morgan fingerprint density at radius 2 is 1.56 bits per heavy atom. The highest BCUT2D eigenvalue weighted by Gasteiger charge is 2.45. The summed E-state index contributed by atoms with van der Waals surface area (Å²) in [4.78, 5) is 12.4. The molecule has 0 saturated carbocycles. The number of esters is 1. The van der Waals surface area contributed by atoms with Gasteiger partial charge in [-0.05, 0) is 19.1 Å². The van der Waals surface area contributed by atoms with E-state index in [9.17, 15) is 4.79 Å². The molecule has 4 rings (SSSR count). The van der Waals surface area contributed by atoms with Gasteiger partial charge in [-0.1, -0.05) is 42.5 Å². The quantitative estimate of drug-likeness (QED) is 0.670. The molecule has 0 unspecified atom stereocenters. The molecule has 1 atom stereocenters. The fourth-order valence-electron chi connectivity index (χ4n) is 3.63. The molecule has 4 heteroatoms. The average molecular weight is 334 g/mol. The maximum Gasteiger partial charge on any atom is 0.339 e. The van der Waals surface area contributed by atoms with E-state index in [1.165, 1.54) is 0 Å². The van der Waals surface area contributed by atoms with Crippen molar-refractivity contribution < 1.29 is 19.0 Å². The van der Waals surface area contributed by atoms with E-state index in [4.69, 9.17) is 14.2 Å². The number of methoxy groups -OCH3 is 2. The number of carbonyl (C=O) groups is 1. The first-order valence-corrected chi connectivity index (χ1v) is 8.07. The number of rotatable bonds is 3.